The van der Waals surface area contributed by atoms with Crippen molar-refractivity contribution in [1.29, 1.82) is 0 Å². The smallest absolute Gasteiger partial charge is 0.326 e. The Bertz CT molecular complexity index is 637. The van der Waals surface area contributed by atoms with Crippen molar-refractivity contribution in [2.24, 2.45) is 5.92 Å². The van der Waals surface area contributed by atoms with Crippen molar-refractivity contribution in [2.45, 2.75) is 19.9 Å². The maximum atomic E-state index is 12.2. The third kappa shape index (κ3) is 3.44. The molecule has 110 valence electrons. The van der Waals surface area contributed by atoms with E-state index in [1.54, 1.807) is 38.1 Å². The van der Waals surface area contributed by atoms with Gasteiger partial charge in [0.05, 0.1) is 5.69 Å². The Kier molecular flexibility index (Phi) is 4.32. The van der Waals surface area contributed by atoms with E-state index in [0.29, 0.717) is 11.3 Å². The van der Waals surface area contributed by atoms with E-state index in [0.717, 1.165) is 0 Å². The lowest BCUT2D eigenvalue weighted by Gasteiger charge is -2.18. The minimum atomic E-state index is -1.05. The van der Waals surface area contributed by atoms with Gasteiger partial charge in [0.15, 0.2) is 0 Å². The maximum Gasteiger partial charge on any atom is 0.326 e. The van der Waals surface area contributed by atoms with E-state index in [4.69, 9.17) is 5.11 Å². The average molecular weight is 288 g/mol. The molecule has 0 radical (unpaired) electrons. The summed E-state index contributed by atoms with van der Waals surface area (Å²) in [7, 11) is 0. The highest BCUT2D eigenvalue weighted by Gasteiger charge is 2.24. The molecule has 1 atom stereocenters. The summed E-state index contributed by atoms with van der Waals surface area (Å²) in [6, 6.07) is 5.81. The molecular weight excluding hydrogens is 272 g/mol. The van der Waals surface area contributed by atoms with Crippen LogP contribution in [0.5, 0.6) is 0 Å². The zero-order valence-electron chi connectivity index (χ0n) is 11.7. The Hall–Kier alpha value is -2.70. The van der Waals surface area contributed by atoms with Crippen LogP contribution in [0.15, 0.2) is 36.9 Å². The van der Waals surface area contributed by atoms with Crippen LogP contribution >= 0.6 is 0 Å². The molecule has 0 spiro atoms. The standard InChI is InChI=1S/C14H16N4O3/c1-9(2)12(14(20)21)17-13(19)10-4-3-5-11(6-10)18-8-15-7-16-18/h3-9,12H,1-2H3,(H,17,19)(H,20,21). The number of carboxylic acids is 1. The predicted molar refractivity (Wildman–Crippen MR) is 75.1 cm³/mol. The first kappa shape index (κ1) is 14.7. The van der Waals surface area contributed by atoms with Crippen LogP contribution in [0.1, 0.15) is 24.2 Å². The second kappa shape index (κ2) is 6.17. The fourth-order valence-corrected chi connectivity index (χ4v) is 1.87. The second-order valence-corrected chi connectivity index (χ2v) is 4.92. The molecule has 7 heteroatoms. The largest absolute Gasteiger partial charge is 0.480 e. The Balaban J connectivity index is 2.20. The van der Waals surface area contributed by atoms with Gasteiger partial charge < -0.3 is 10.4 Å². The SMILES string of the molecule is CC(C)C(NC(=O)c1cccc(-n2cncn2)c1)C(=O)O. The Morgan fingerprint density at radius 3 is 2.67 bits per heavy atom. The first-order chi connectivity index (χ1) is 9.99. The van der Waals surface area contributed by atoms with Crippen molar-refractivity contribution >= 4 is 11.9 Å². The highest BCUT2D eigenvalue weighted by atomic mass is 16.4. The maximum absolute atomic E-state index is 12.2. The van der Waals surface area contributed by atoms with Crippen LogP contribution in [-0.4, -0.2) is 37.8 Å². The van der Waals surface area contributed by atoms with Crippen LogP contribution in [0.2, 0.25) is 0 Å². The predicted octanol–water partition coefficient (Wildman–Crippen LogP) is 1.11. The van der Waals surface area contributed by atoms with Crippen molar-refractivity contribution in [3.8, 4) is 5.69 Å². The number of carbonyl (C=O) groups is 2. The van der Waals surface area contributed by atoms with Crippen molar-refractivity contribution in [3.05, 3.63) is 42.5 Å². The number of hydrogen-bond donors (Lipinski definition) is 2. The first-order valence-corrected chi connectivity index (χ1v) is 6.48. The molecule has 2 aromatic rings. The molecule has 0 aliphatic heterocycles. The number of carbonyl (C=O) groups excluding carboxylic acids is 1. The van der Waals surface area contributed by atoms with Crippen molar-refractivity contribution < 1.29 is 14.7 Å². The molecule has 1 amide bonds. The molecular formula is C14H16N4O3. The van der Waals surface area contributed by atoms with E-state index in [2.05, 4.69) is 15.4 Å². The van der Waals surface area contributed by atoms with Gasteiger partial charge in [-0.15, -0.1) is 0 Å². The van der Waals surface area contributed by atoms with E-state index in [9.17, 15) is 9.59 Å². The van der Waals surface area contributed by atoms with Gasteiger partial charge in [0.1, 0.15) is 18.7 Å². The average Bonchev–Trinajstić information content (AvgIpc) is 2.98. The Morgan fingerprint density at radius 1 is 1.33 bits per heavy atom. The molecule has 0 bridgehead atoms. The van der Waals surface area contributed by atoms with E-state index in [-0.39, 0.29) is 5.92 Å². The molecule has 7 nitrogen and oxygen atoms in total. The van der Waals surface area contributed by atoms with Crippen molar-refractivity contribution in [2.75, 3.05) is 0 Å². The molecule has 0 saturated carbocycles. The number of hydrogen-bond acceptors (Lipinski definition) is 4. The minimum absolute atomic E-state index is 0.204. The van der Waals surface area contributed by atoms with Crippen LogP contribution in [0.25, 0.3) is 5.69 Å². The van der Waals surface area contributed by atoms with E-state index >= 15 is 0 Å². The Labute approximate surface area is 121 Å². The lowest BCUT2D eigenvalue weighted by molar-refractivity contribution is -0.140. The molecule has 1 unspecified atom stereocenters. The molecule has 0 fully saturated rings. The normalized spacial score (nSPS) is 12.1. The minimum Gasteiger partial charge on any atom is -0.480 e. The zero-order valence-corrected chi connectivity index (χ0v) is 11.7. The van der Waals surface area contributed by atoms with Gasteiger partial charge in [0.25, 0.3) is 5.91 Å². The summed E-state index contributed by atoms with van der Waals surface area (Å²) in [5.74, 6) is -1.69. The topological polar surface area (TPSA) is 97.1 Å². The molecule has 0 aliphatic rings. The van der Waals surface area contributed by atoms with Crippen LogP contribution in [0, 0.1) is 5.92 Å². The third-order valence-corrected chi connectivity index (χ3v) is 3.01. The van der Waals surface area contributed by atoms with E-state index in [1.165, 1.54) is 17.3 Å². The highest BCUT2D eigenvalue weighted by Crippen LogP contribution is 2.10. The number of amides is 1. The van der Waals surface area contributed by atoms with Crippen LogP contribution < -0.4 is 5.32 Å². The van der Waals surface area contributed by atoms with Crippen LogP contribution in [-0.2, 0) is 4.79 Å². The van der Waals surface area contributed by atoms with Gasteiger partial charge in [-0.2, -0.15) is 5.10 Å². The van der Waals surface area contributed by atoms with Gasteiger partial charge in [-0.05, 0) is 24.1 Å². The molecule has 2 N–H and O–H groups in total. The van der Waals surface area contributed by atoms with Gasteiger partial charge in [-0.1, -0.05) is 19.9 Å². The number of nitrogens with zero attached hydrogens (tertiary/aromatic N) is 3. The Morgan fingerprint density at radius 2 is 2.10 bits per heavy atom. The molecule has 1 heterocycles. The lowest BCUT2D eigenvalue weighted by Crippen LogP contribution is -2.44. The van der Waals surface area contributed by atoms with Crippen molar-refractivity contribution in [3.63, 3.8) is 0 Å². The summed E-state index contributed by atoms with van der Waals surface area (Å²) in [5, 5.41) is 15.6. The van der Waals surface area contributed by atoms with Gasteiger partial charge in [-0.3, -0.25) is 4.79 Å². The quantitative estimate of drug-likeness (QED) is 0.859. The molecule has 1 aromatic heterocycles. The number of aromatic nitrogens is 3. The number of nitrogens with one attached hydrogen (secondary N) is 1. The monoisotopic (exact) mass is 288 g/mol. The van der Waals surface area contributed by atoms with Gasteiger partial charge >= 0.3 is 5.97 Å². The lowest BCUT2D eigenvalue weighted by atomic mass is 10.0. The second-order valence-electron chi connectivity index (χ2n) is 4.92. The summed E-state index contributed by atoms with van der Waals surface area (Å²) >= 11 is 0. The third-order valence-electron chi connectivity index (χ3n) is 3.01. The van der Waals surface area contributed by atoms with Gasteiger partial charge in [-0.25, -0.2) is 14.5 Å². The fourth-order valence-electron chi connectivity index (χ4n) is 1.87. The number of rotatable bonds is 5. The zero-order chi connectivity index (χ0) is 15.4. The summed E-state index contributed by atoms with van der Waals surface area (Å²) in [6.07, 6.45) is 2.91. The molecule has 0 aliphatic carbocycles. The molecule has 1 aromatic carbocycles. The molecule has 21 heavy (non-hydrogen) atoms. The van der Waals surface area contributed by atoms with Crippen LogP contribution in [0.4, 0.5) is 0 Å². The number of aliphatic carboxylic acids is 1. The summed E-state index contributed by atoms with van der Waals surface area (Å²) < 4.78 is 1.52. The van der Waals surface area contributed by atoms with Crippen LogP contribution in [0.3, 0.4) is 0 Å². The van der Waals surface area contributed by atoms with Crippen molar-refractivity contribution in [1.82, 2.24) is 20.1 Å². The first-order valence-electron chi connectivity index (χ1n) is 6.48. The summed E-state index contributed by atoms with van der Waals surface area (Å²) in [5.41, 5.74) is 1.05. The summed E-state index contributed by atoms with van der Waals surface area (Å²) in [6.45, 7) is 3.48. The van der Waals surface area contributed by atoms with Gasteiger partial charge in [0.2, 0.25) is 0 Å². The molecule has 0 saturated heterocycles. The van der Waals surface area contributed by atoms with Gasteiger partial charge in [0, 0.05) is 5.56 Å². The fraction of sp³-hybridized carbons (Fsp3) is 0.286. The molecule has 2 rings (SSSR count). The van der Waals surface area contributed by atoms with E-state index in [1.807, 2.05) is 0 Å². The summed E-state index contributed by atoms with van der Waals surface area (Å²) in [4.78, 5) is 27.1. The highest BCUT2D eigenvalue weighted by molar-refractivity contribution is 5.97. The number of carboxylic acid groups (broad SMARTS) is 1. The van der Waals surface area contributed by atoms with E-state index < -0.39 is 17.9 Å². The number of benzene rings is 1.